The highest BCUT2D eigenvalue weighted by molar-refractivity contribution is 6.36. The molecule has 0 heterocycles. The van der Waals surface area contributed by atoms with Crippen LogP contribution in [-0.2, 0) is 4.79 Å². The SMILES string of the molecule is COc1ccc(C(CNC(=O)C(NC(=O)c2ccc(Cl)cc2Cl)C(C)C)N(C)C)cc1. The number of halogens is 2. The van der Waals surface area contributed by atoms with Crippen LogP contribution in [0.3, 0.4) is 0 Å². The summed E-state index contributed by atoms with van der Waals surface area (Å²) in [5.74, 6) is -0.0221. The Labute approximate surface area is 193 Å². The number of nitrogens with zero attached hydrogens (tertiary/aromatic N) is 1. The van der Waals surface area contributed by atoms with Gasteiger partial charge in [-0.3, -0.25) is 9.59 Å². The first kappa shape index (κ1) is 25.0. The molecular weight excluding hydrogens is 437 g/mol. The second-order valence-electron chi connectivity index (χ2n) is 7.82. The molecule has 0 aromatic heterocycles. The molecule has 8 heteroatoms. The second kappa shape index (κ2) is 11.4. The van der Waals surface area contributed by atoms with E-state index in [4.69, 9.17) is 27.9 Å². The van der Waals surface area contributed by atoms with Gasteiger partial charge in [0.15, 0.2) is 0 Å². The van der Waals surface area contributed by atoms with Gasteiger partial charge in [0.05, 0.1) is 23.7 Å². The third-order valence-electron chi connectivity index (χ3n) is 5.01. The van der Waals surface area contributed by atoms with Crippen molar-refractivity contribution in [2.24, 2.45) is 5.92 Å². The Morgan fingerprint density at radius 2 is 1.71 bits per heavy atom. The van der Waals surface area contributed by atoms with Gasteiger partial charge < -0.3 is 20.3 Å². The van der Waals surface area contributed by atoms with Crippen molar-refractivity contribution >= 4 is 35.0 Å². The predicted octanol–water partition coefficient (Wildman–Crippen LogP) is 4.18. The number of rotatable bonds is 9. The second-order valence-corrected chi connectivity index (χ2v) is 8.66. The Bertz CT molecular complexity index is 901. The summed E-state index contributed by atoms with van der Waals surface area (Å²) >= 11 is 12.0. The monoisotopic (exact) mass is 465 g/mol. The van der Waals surface area contributed by atoms with Crippen molar-refractivity contribution in [1.29, 1.82) is 0 Å². The number of amides is 2. The van der Waals surface area contributed by atoms with Gasteiger partial charge in [-0.25, -0.2) is 0 Å². The summed E-state index contributed by atoms with van der Waals surface area (Å²) in [6, 6.07) is 11.6. The molecule has 0 aliphatic rings. The molecule has 31 heavy (non-hydrogen) atoms. The quantitative estimate of drug-likeness (QED) is 0.582. The third kappa shape index (κ3) is 6.86. The number of likely N-dealkylation sites (N-methyl/N-ethyl adjacent to an activating group) is 1. The highest BCUT2D eigenvalue weighted by Crippen LogP contribution is 2.22. The lowest BCUT2D eigenvalue weighted by atomic mass is 10.0. The molecule has 0 radical (unpaired) electrons. The van der Waals surface area contributed by atoms with Gasteiger partial charge in [-0.2, -0.15) is 0 Å². The van der Waals surface area contributed by atoms with Crippen LogP contribution in [0, 0.1) is 5.92 Å². The Morgan fingerprint density at radius 1 is 1.06 bits per heavy atom. The molecule has 0 bridgehead atoms. The smallest absolute Gasteiger partial charge is 0.253 e. The van der Waals surface area contributed by atoms with Crippen molar-refractivity contribution in [2.45, 2.75) is 25.9 Å². The number of methoxy groups -OCH3 is 1. The number of carbonyl (C=O) groups excluding carboxylic acids is 2. The van der Waals surface area contributed by atoms with Gasteiger partial charge in [-0.05, 0) is 55.9 Å². The molecule has 0 saturated heterocycles. The maximum atomic E-state index is 12.9. The number of hydrogen-bond acceptors (Lipinski definition) is 4. The maximum absolute atomic E-state index is 12.9. The summed E-state index contributed by atoms with van der Waals surface area (Å²) < 4.78 is 5.21. The van der Waals surface area contributed by atoms with Crippen molar-refractivity contribution in [3.05, 3.63) is 63.6 Å². The summed E-state index contributed by atoms with van der Waals surface area (Å²) in [6.07, 6.45) is 0. The Kier molecular flexibility index (Phi) is 9.16. The lowest BCUT2D eigenvalue weighted by molar-refractivity contribution is -0.124. The highest BCUT2D eigenvalue weighted by atomic mass is 35.5. The minimum atomic E-state index is -0.710. The molecule has 2 aromatic carbocycles. The van der Waals surface area contributed by atoms with E-state index in [2.05, 4.69) is 10.6 Å². The normalized spacial score (nSPS) is 13.1. The molecule has 0 aliphatic carbocycles. The number of hydrogen-bond donors (Lipinski definition) is 2. The van der Waals surface area contributed by atoms with Gasteiger partial charge in [-0.15, -0.1) is 0 Å². The van der Waals surface area contributed by atoms with Crippen molar-refractivity contribution in [3.63, 3.8) is 0 Å². The van der Waals surface area contributed by atoms with Crippen molar-refractivity contribution < 1.29 is 14.3 Å². The van der Waals surface area contributed by atoms with Gasteiger partial charge >= 0.3 is 0 Å². The van der Waals surface area contributed by atoms with E-state index in [0.717, 1.165) is 11.3 Å². The molecule has 2 N–H and O–H groups in total. The van der Waals surface area contributed by atoms with E-state index in [0.29, 0.717) is 11.6 Å². The van der Waals surface area contributed by atoms with Crippen LogP contribution in [0.25, 0.3) is 0 Å². The van der Waals surface area contributed by atoms with E-state index in [-0.39, 0.29) is 28.5 Å². The van der Waals surface area contributed by atoms with Crippen molar-refractivity contribution in [1.82, 2.24) is 15.5 Å². The van der Waals surface area contributed by atoms with Crippen LogP contribution < -0.4 is 15.4 Å². The Balaban J connectivity index is 2.08. The Hall–Kier alpha value is -2.28. The first-order chi connectivity index (χ1) is 14.6. The first-order valence-electron chi connectivity index (χ1n) is 9.98. The fourth-order valence-corrected chi connectivity index (χ4v) is 3.65. The average molecular weight is 466 g/mol. The lowest BCUT2D eigenvalue weighted by Gasteiger charge is -2.27. The summed E-state index contributed by atoms with van der Waals surface area (Å²) in [7, 11) is 5.52. The fraction of sp³-hybridized carbons (Fsp3) is 0.391. The molecule has 2 rings (SSSR count). The molecule has 2 amide bonds. The van der Waals surface area contributed by atoms with Gasteiger partial charge in [0, 0.05) is 11.6 Å². The summed E-state index contributed by atoms with van der Waals surface area (Å²) in [6.45, 7) is 4.14. The van der Waals surface area contributed by atoms with E-state index >= 15 is 0 Å². The topological polar surface area (TPSA) is 70.7 Å². The van der Waals surface area contributed by atoms with Crippen LogP contribution in [0.5, 0.6) is 5.75 Å². The largest absolute Gasteiger partial charge is 0.497 e. The molecule has 2 aromatic rings. The number of nitrogens with one attached hydrogen (secondary N) is 2. The molecule has 168 valence electrons. The zero-order valence-corrected chi connectivity index (χ0v) is 19.9. The lowest BCUT2D eigenvalue weighted by Crippen LogP contribution is -2.51. The maximum Gasteiger partial charge on any atom is 0.253 e. The standard InChI is InChI=1S/C23H29Cl2N3O3/c1-14(2)21(27-22(29)18-11-8-16(24)12-19(18)25)23(30)26-13-20(28(3)4)15-6-9-17(31-5)10-7-15/h6-12,14,20-21H,13H2,1-5H3,(H,26,30)(H,27,29). The van der Waals surface area contributed by atoms with Gasteiger partial charge in [-0.1, -0.05) is 49.2 Å². The van der Waals surface area contributed by atoms with E-state index in [1.165, 1.54) is 6.07 Å². The average Bonchev–Trinajstić information content (AvgIpc) is 2.71. The van der Waals surface area contributed by atoms with Gasteiger partial charge in [0.1, 0.15) is 11.8 Å². The number of benzene rings is 2. The van der Waals surface area contributed by atoms with Crippen LogP contribution in [0.1, 0.15) is 35.8 Å². The van der Waals surface area contributed by atoms with E-state index in [1.54, 1.807) is 19.2 Å². The van der Waals surface area contributed by atoms with Crippen molar-refractivity contribution in [2.75, 3.05) is 27.7 Å². The molecule has 0 saturated carbocycles. The molecule has 0 aliphatic heterocycles. The molecule has 0 spiro atoms. The predicted molar refractivity (Wildman–Crippen MR) is 125 cm³/mol. The van der Waals surface area contributed by atoms with Crippen LogP contribution in [0.2, 0.25) is 10.0 Å². The van der Waals surface area contributed by atoms with Crippen LogP contribution in [0.4, 0.5) is 0 Å². The van der Waals surface area contributed by atoms with Crippen LogP contribution >= 0.6 is 23.2 Å². The van der Waals surface area contributed by atoms with Gasteiger partial charge in [0.25, 0.3) is 5.91 Å². The minimum Gasteiger partial charge on any atom is -0.497 e. The number of ether oxygens (including phenoxy) is 1. The van der Waals surface area contributed by atoms with E-state index in [1.807, 2.05) is 57.1 Å². The highest BCUT2D eigenvalue weighted by Gasteiger charge is 2.26. The van der Waals surface area contributed by atoms with E-state index < -0.39 is 11.9 Å². The van der Waals surface area contributed by atoms with Crippen LogP contribution in [0.15, 0.2) is 42.5 Å². The summed E-state index contributed by atoms with van der Waals surface area (Å²) in [5, 5.41) is 6.44. The first-order valence-corrected chi connectivity index (χ1v) is 10.7. The zero-order valence-electron chi connectivity index (χ0n) is 18.4. The van der Waals surface area contributed by atoms with Crippen molar-refractivity contribution in [3.8, 4) is 5.75 Å². The zero-order chi connectivity index (χ0) is 23.1. The fourth-order valence-electron chi connectivity index (χ4n) is 3.16. The number of carbonyl (C=O) groups is 2. The molecule has 2 atom stereocenters. The molecule has 0 fully saturated rings. The van der Waals surface area contributed by atoms with Gasteiger partial charge in [0.2, 0.25) is 5.91 Å². The van der Waals surface area contributed by atoms with E-state index in [9.17, 15) is 9.59 Å². The molecule has 6 nitrogen and oxygen atoms in total. The molecule has 2 unspecified atom stereocenters. The summed E-state index contributed by atoms with van der Waals surface area (Å²) in [4.78, 5) is 27.6. The third-order valence-corrected chi connectivity index (χ3v) is 5.55. The Morgan fingerprint density at radius 3 is 2.23 bits per heavy atom. The summed E-state index contributed by atoms with van der Waals surface area (Å²) in [5.41, 5.74) is 1.32. The molecular formula is C23H29Cl2N3O3. The van der Waals surface area contributed by atoms with Crippen LogP contribution in [-0.4, -0.2) is 50.5 Å². The minimum absolute atomic E-state index is 0.0379.